The summed E-state index contributed by atoms with van der Waals surface area (Å²) in [4.78, 5) is 16.6. The standard InChI is InChI=1S/C13H24N4O/c1-16-5-6-17(2)12(9-16)8-15-13(18)10-3-4-11(14)7-10/h3-4,10-12H,5-9,14H2,1-2H3,(H,15,18). The minimum absolute atomic E-state index is 0.0355. The number of carbonyl (C=O) groups is 1. The molecule has 2 rings (SSSR count). The van der Waals surface area contributed by atoms with Crippen LogP contribution in [-0.2, 0) is 4.79 Å². The van der Waals surface area contributed by atoms with Crippen molar-refractivity contribution in [1.82, 2.24) is 15.1 Å². The van der Waals surface area contributed by atoms with Crippen molar-refractivity contribution in [2.24, 2.45) is 11.7 Å². The average molecular weight is 252 g/mol. The maximum Gasteiger partial charge on any atom is 0.227 e. The molecule has 1 aliphatic heterocycles. The fourth-order valence-corrected chi connectivity index (χ4v) is 2.59. The van der Waals surface area contributed by atoms with Gasteiger partial charge >= 0.3 is 0 Å². The van der Waals surface area contributed by atoms with E-state index in [4.69, 9.17) is 5.73 Å². The van der Waals surface area contributed by atoms with E-state index in [1.54, 1.807) is 0 Å². The van der Waals surface area contributed by atoms with Gasteiger partial charge in [-0.2, -0.15) is 0 Å². The summed E-state index contributed by atoms with van der Waals surface area (Å²) >= 11 is 0. The summed E-state index contributed by atoms with van der Waals surface area (Å²) in [5.41, 5.74) is 5.76. The second-order valence-electron chi connectivity index (χ2n) is 5.53. The lowest BCUT2D eigenvalue weighted by Crippen LogP contribution is -2.54. The van der Waals surface area contributed by atoms with Crippen molar-refractivity contribution >= 4 is 5.91 Å². The van der Waals surface area contributed by atoms with E-state index < -0.39 is 0 Å². The van der Waals surface area contributed by atoms with Gasteiger partial charge in [-0.25, -0.2) is 0 Å². The molecular formula is C13H24N4O. The van der Waals surface area contributed by atoms with Gasteiger partial charge in [0.1, 0.15) is 0 Å². The lowest BCUT2D eigenvalue weighted by Gasteiger charge is -2.37. The highest BCUT2D eigenvalue weighted by Gasteiger charge is 2.26. The molecule has 0 spiro atoms. The maximum absolute atomic E-state index is 12.0. The maximum atomic E-state index is 12.0. The summed E-state index contributed by atoms with van der Waals surface area (Å²) in [5.74, 6) is 0.0763. The SMILES string of the molecule is CN1CCN(C)C(CNC(=O)C2C=CC(N)C2)C1. The normalized spacial score (nSPS) is 33.8. The predicted molar refractivity (Wildman–Crippen MR) is 72.1 cm³/mol. The van der Waals surface area contributed by atoms with Gasteiger partial charge in [0.25, 0.3) is 0 Å². The summed E-state index contributed by atoms with van der Waals surface area (Å²) in [6.07, 6.45) is 4.59. The molecular weight excluding hydrogens is 228 g/mol. The minimum Gasteiger partial charge on any atom is -0.354 e. The van der Waals surface area contributed by atoms with Crippen molar-refractivity contribution in [3.05, 3.63) is 12.2 Å². The van der Waals surface area contributed by atoms with E-state index in [2.05, 4.69) is 29.2 Å². The molecule has 2 aliphatic rings. The van der Waals surface area contributed by atoms with E-state index in [0.29, 0.717) is 6.04 Å². The second-order valence-corrected chi connectivity index (χ2v) is 5.53. The van der Waals surface area contributed by atoms with Crippen LogP contribution in [0.1, 0.15) is 6.42 Å². The van der Waals surface area contributed by atoms with Gasteiger partial charge in [0.05, 0.1) is 5.92 Å². The summed E-state index contributed by atoms with van der Waals surface area (Å²) in [6.45, 7) is 3.89. The van der Waals surface area contributed by atoms with E-state index in [1.807, 2.05) is 12.2 Å². The van der Waals surface area contributed by atoms with Crippen LogP contribution in [0.25, 0.3) is 0 Å². The van der Waals surface area contributed by atoms with Crippen molar-refractivity contribution in [3.8, 4) is 0 Å². The molecule has 0 aromatic heterocycles. The Morgan fingerprint density at radius 2 is 2.17 bits per heavy atom. The van der Waals surface area contributed by atoms with Crippen LogP contribution in [0.4, 0.5) is 0 Å². The number of hydrogen-bond donors (Lipinski definition) is 2. The number of nitrogens with zero attached hydrogens (tertiary/aromatic N) is 2. The number of likely N-dealkylation sites (N-methyl/N-ethyl adjacent to an activating group) is 2. The molecule has 0 aromatic carbocycles. The van der Waals surface area contributed by atoms with E-state index in [0.717, 1.165) is 32.6 Å². The molecule has 1 aliphatic carbocycles. The fourth-order valence-electron chi connectivity index (χ4n) is 2.59. The summed E-state index contributed by atoms with van der Waals surface area (Å²) in [5, 5.41) is 3.05. The lowest BCUT2D eigenvalue weighted by molar-refractivity contribution is -0.124. The first-order valence-electron chi connectivity index (χ1n) is 6.66. The van der Waals surface area contributed by atoms with Crippen molar-refractivity contribution < 1.29 is 4.79 Å². The number of amides is 1. The van der Waals surface area contributed by atoms with E-state index in [-0.39, 0.29) is 17.9 Å². The molecule has 1 fully saturated rings. The first-order chi connectivity index (χ1) is 8.56. The first kappa shape index (κ1) is 13.5. The number of rotatable bonds is 3. The van der Waals surface area contributed by atoms with Crippen LogP contribution >= 0.6 is 0 Å². The largest absolute Gasteiger partial charge is 0.354 e. The van der Waals surface area contributed by atoms with Gasteiger partial charge in [-0.05, 0) is 20.5 Å². The zero-order valence-corrected chi connectivity index (χ0v) is 11.3. The first-order valence-corrected chi connectivity index (χ1v) is 6.66. The lowest BCUT2D eigenvalue weighted by atomic mass is 10.1. The predicted octanol–water partition coefficient (Wildman–Crippen LogP) is -0.748. The molecule has 0 saturated carbocycles. The van der Waals surface area contributed by atoms with Gasteiger partial charge in [0, 0.05) is 38.3 Å². The Morgan fingerprint density at radius 3 is 2.83 bits per heavy atom. The smallest absolute Gasteiger partial charge is 0.227 e. The fraction of sp³-hybridized carbons (Fsp3) is 0.769. The molecule has 3 atom stereocenters. The van der Waals surface area contributed by atoms with Gasteiger partial charge in [-0.3, -0.25) is 9.69 Å². The molecule has 3 N–H and O–H groups in total. The highest BCUT2D eigenvalue weighted by molar-refractivity contribution is 5.81. The molecule has 1 saturated heterocycles. The molecule has 102 valence electrons. The van der Waals surface area contributed by atoms with E-state index >= 15 is 0 Å². The van der Waals surface area contributed by atoms with Crippen molar-refractivity contribution in [3.63, 3.8) is 0 Å². The zero-order valence-electron chi connectivity index (χ0n) is 11.3. The number of nitrogens with two attached hydrogens (primary N) is 1. The van der Waals surface area contributed by atoms with Crippen molar-refractivity contribution in [1.29, 1.82) is 0 Å². The molecule has 5 heteroatoms. The molecule has 1 amide bonds. The third kappa shape index (κ3) is 3.31. The van der Waals surface area contributed by atoms with Crippen LogP contribution in [-0.4, -0.2) is 68.1 Å². The Hall–Kier alpha value is -0.910. The Bertz CT molecular complexity index is 331. The molecule has 0 radical (unpaired) electrons. The van der Waals surface area contributed by atoms with Crippen LogP contribution in [0.2, 0.25) is 0 Å². The van der Waals surface area contributed by atoms with E-state index in [9.17, 15) is 4.79 Å². The Labute approximate surface area is 109 Å². The molecule has 0 aromatic rings. The van der Waals surface area contributed by atoms with E-state index in [1.165, 1.54) is 0 Å². The van der Waals surface area contributed by atoms with Crippen molar-refractivity contribution in [2.75, 3.05) is 40.3 Å². The third-order valence-electron chi connectivity index (χ3n) is 3.95. The molecule has 18 heavy (non-hydrogen) atoms. The Balaban J connectivity index is 1.77. The van der Waals surface area contributed by atoms with Gasteiger partial charge in [-0.15, -0.1) is 0 Å². The van der Waals surface area contributed by atoms with Gasteiger partial charge in [0.15, 0.2) is 0 Å². The van der Waals surface area contributed by atoms with Crippen LogP contribution in [0, 0.1) is 5.92 Å². The summed E-state index contributed by atoms with van der Waals surface area (Å²) in [7, 11) is 4.25. The number of hydrogen-bond acceptors (Lipinski definition) is 4. The Kier molecular flexibility index (Phi) is 4.37. The highest BCUT2D eigenvalue weighted by atomic mass is 16.1. The zero-order chi connectivity index (χ0) is 13.1. The van der Waals surface area contributed by atoms with Crippen LogP contribution < -0.4 is 11.1 Å². The van der Waals surface area contributed by atoms with Crippen LogP contribution in [0.15, 0.2) is 12.2 Å². The number of piperazine rings is 1. The highest BCUT2D eigenvalue weighted by Crippen LogP contribution is 2.16. The van der Waals surface area contributed by atoms with Gasteiger partial charge < -0.3 is 16.0 Å². The van der Waals surface area contributed by atoms with Crippen LogP contribution in [0.3, 0.4) is 0 Å². The summed E-state index contributed by atoms with van der Waals surface area (Å²) in [6, 6.07) is 0.455. The summed E-state index contributed by atoms with van der Waals surface area (Å²) < 4.78 is 0. The van der Waals surface area contributed by atoms with Crippen molar-refractivity contribution in [2.45, 2.75) is 18.5 Å². The molecule has 5 nitrogen and oxygen atoms in total. The molecule has 1 heterocycles. The van der Waals surface area contributed by atoms with Gasteiger partial charge in [0.2, 0.25) is 5.91 Å². The minimum atomic E-state index is -0.0355. The monoisotopic (exact) mass is 252 g/mol. The van der Waals surface area contributed by atoms with Crippen LogP contribution in [0.5, 0.6) is 0 Å². The molecule has 3 unspecified atom stereocenters. The second kappa shape index (κ2) is 5.82. The molecule has 0 bridgehead atoms. The Morgan fingerprint density at radius 1 is 1.39 bits per heavy atom. The quantitative estimate of drug-likeness (QED) is 0.649. The number of nitrogens with one attached hydrogen (secondary N) is 1. The topological polar surface area (TPSA) is 61.6 Å². The third-order valence-corrected chi connectivity index (χ3v) is 3.95. The van der Waals surface area contributed by atoms with Gasteiger partial charge in [-0.1, -0.05) is 12.2 Å². The number of carbonyl (C=O) groups excluding carboxylic acids is 1. The average Bonchev–Trinajstić information content (AvgIpc) is 2.77.